The second kappa shape index (κ2) is 15.2. The van der Waals surface area contributed by atoms with E-state index < -0.39 is 5.41 Å². The van der Waals surface area contributed by atoms with E-state index in [1.54, 1.807) is 0 Å². The Morgan fingerprint density at radius 3 is 1.47 bits per heavy atom. The standard InChI is InChI=1S/C62H43N3S/c1-42-38-49(63(43-20-6-2-7-21-43)44-22-8-3-9-23-44)41-60-61(42)52-40-48(35-37-59(52)66-60)64(45-24-10-4-11-25-45)47-34-36-54-51(39-47)50-28-14-15-29-53(50)62(54)55-30-16-18-32-57(55)65(46-26-12-5-13-27-46)58-33-19-17-31-56(58)62/h2-41H,1H3. The van der Waals surface area contributed by atoms with E-state index in [1.165, 1.54) is 70.5 Å². The summed E-state index contributed by atoms with van der Waals surface area (Å²) in [7, 11) is 0. The molecule has 2 heterocycles. The van der Waals surface area contributed by atoms with E-state index in [0.29, 0.717) is 0 Å². The van der Waals surface area contributed by atoms with Crippen molar-refractivity contribution in [3.63, 3.8) is 0 Å². The van der Waals surface area contributed by atoms with Crippen LogP contribution in [0.25, 0.3) is 31.3 Å². The van der Waals surface area contributed by atoms with Crippen LogP contribution in [-0.2, 0) is 5.41 Å². The average molecular weight is 862 g/mol. The first-order valence-corrected chi connectivity index (χ1v) is 23.5. The molecule has 0 unspecified atom stereocenters. The van der Waals surface area contributed by atoms with Crippen molar-refractivity contribution in [3.8, 4) is 11.1 Å². The SMILES string of the molecule is Cc1cc(N(c2ccccc2)c2ccccc2)cc2sc3ccc(N(c4ccccc4)c4ccc5c(c4)-c4ccccc4C54c5ccccc5N(c5ccccc5)c5ccccc54)cc3c12. The van der Waals surface area contributed by atoms with Gasteiger partial charge in [-0.2, -0.15) is 0 Å². The summed E-state index contributed by atoms with van der Waals surface area (Å²) in [6, 6.07) is 89.1. The highest BCUT2D eigenvalue weighted by molar-refractivity contribution is 7.25. The molecule has 0 bridgehead atoms. The quantitative estimate of drug-likeness (QED) is 0.158. The zero-order chi connectivity index (χ0) is 43.8. The van der Waals surface area contributed by atoms with E-state index in [2.05, 4.69) is 264 Å². The van der Waals surface area contributed by atoms with Crippen molar-refractivity contribution in [2.24, 2.45) is 0 Å². The fraction of sp³-hybridized carbons (Fsp3) is 0.0323. The maximum Gasteiger partial charge on any atom is 0.0754 e. The maximum absolute atomic E-state index is 2.44. The first-order chi connectivity index (χ1) is 32.7. The molecule has 1 aliphatic carbocycles. The molecule has 0 saturated heterocycles. The lowest BCUT2D eigenvalue weighted by Crippen LogP contribution is -2.36. The Balaban J connectivity index is 0.982. The fourth-order valence-corrected chi connectivity index (χ4v) is 12.3. The molecule has 0 saturated carbocycles. The lowest BCUT2D eigenvalue weighted by Gasteiger charge is -2.45. The summed E-state index contributed by atoms with van der Waals surface area (Å²) < 4.78 is 2.55. The van der Waals surface area contributed by atoms with Crippen LogP contribution in [0.4, 0.5) is 51.2 Å². The highest BCUT2D eigenvalue weighted by atomic mass is 32.1. The normalized spacial score (nSPS) is 13.0. The third kappa shape index (κ3) is 5.75. The molecule has 10 aromatic carbocycles. The van der Waals surface area contributed by atoms with E-state index in [0.717, 1.165) is 39.8 Å². The van der Waals surface area contributed by atoms with Crippen LogP contribution >= 0.6 is 11.3 Å². The summed E-state index contributed by atoms with van der Waals surface area (Å²) in [5.74, 6) is 0. The van der Waals surface area contributed by atoms with Crippen LogP contribution in [0, 0.1) is 6.92 Å². The van der Waals surface area contributed by atoms with Gasteiger partial charge in [-0.25, -0.2) is 0 Å². The Bertz CT molecular complexity index is 3530. The van der Waals surface area contributed by atoms with Gasteiger partial charge in [-0.3, -0.25) is 0 Å². The van der Waals surface area contributed by atoms with Crippen LogP contribution in [0.15, 0.2) is 243 Å². The van der Waals surface area contributed by atoms with Gasteiger partial charge in [-0.1, -0.05) is 140 Å². The van der Waals surface area contributed by atoms with Gasteiger partial charge in [0, 0.05) is 60.0 Å². The summed E-state index contributed by atoms with van der Waals surface area (Å²) in [5.41, 5.74) is 18.8. The minimum Gasteiger partial charge on any atom is -0.310 e. The number of nitrogens with zero attached hydrogens (tertiary/aromatic N) is 3. The monoisotopic (exact) mass is 861 g/mol. The molecule has 66 heavy (non-hydrogen) atoms. The number of benzene rings is 10. The number of thiophene rings is 1. The molecular weight excluding hydrogens is 819 g/mol. The summed E-state index contributed by atoms with van der Waals surface area (Å²) in [5, 5.41) is 2.57. The third-order valence-corrected chi connectivity index (χ3v) is 14.8. The van der Waals surface area contributed by atoms with Gasteiger partial charge in [-0.05, 0) is 149 Å². The molecule has 11 aromatic rings. The van der Waals surface area contributed by atoms with Crippen LogP contribution in [0.2, 0.25) is 0 Å². The Hall–Kier alpha value is -8.18. The number of anilines is 9. The Kier molecular flexibility index (Phi) is 8.84. The highest BCUT2D eigenvalue weighted by Gasteiger charge is 2.51. The third-order valence-electron chi connectivity index (χ3n) is 13.7. The van der Waals surface area contributed by atoms with Crippen LogP contribution in [0.3, 0.4) is 0 Å². The van der Waals surface area contributed by atoms with E-state index in [9.17, 15) is 0 Å². The minimum absolute atomic E-state index is 0.512. The van der Waals surface area contributed by atoms with Gasteiger partial charge in [0.25, 0.3) is 0 Å². The topological polar surface area (TPSA) is 9.72 Å². The molecular formula is C62H43N3S. The Morgan fingerprint density at radius 2 is 0.848 bits per heavy atom. The van der Waals surface area contributed by atoms with Gasteiger partial charge < -0.3 is 14.7 Å². The average Bonchev–Trinajstić information content (AvgIpc) is 3.89. The van der Waals surface area contributed by atoms with E-state index in [1.807, 2.05) is 11.3 Å². The molecule has 0 atom stereocenters. The van der Waals surface area contributed by atoms with Crippen molar-refractivity contribution in [2.45, 2.75) is 12.3 Å². The number of para-hydroxylation sites is 6. The molecule has 4 heteroatoms. The largest absolute Gasteiger partial charge is 0.310 e. The first kappa shape index (κ1) is 38.3. The molecule has 1 aliphatic heterocycles. The maximum atomic E-state index is 2.44. The lowest BCUT2D eigenvalue weighted by molar-refractivity contribution is 0.752. The molecule has 1 aromatic heterocycles. The fourth-order valence-electron chi connectivity index (χ4n) is 11.1. The first-order valence-electron chi connectivity index (χ1n) is 22.7. The van der Waals surface area contributed by atoms with E-state index >= 15 is 0 Å². The van der Waals surface area contributed by atoms with Crippen LogP contribution in [0.1, 0.15) is 27.8 Å². The van der Waals surface area contributed by atoms with Gasteiger partial charge in [-0.15, -0.1) is 11.3 Å². The van der Waals surface area contributed by atoms with Gasteiger partial charge >= 0.3 is 0 Å². The molecule has 0 fully saturated rings. The summed E-state index contributed by atoms with van der Waals surface area (Å²) in [6.45, 7) is 2.27. The number of hydrogen-bond donors (Lipinski definition) is 0. The van der Waals surface area contributed by atoms with Crippen LogP contribution in [0.5, 0.6) is 0 Å². The summed E-state index contributed by atoms with van der Waals surface area (Å²) in [4.78, 5) is 7.24. The smallest absolute Gasteiger partial charge is 0.0754 e. The molecule has 3 nitrogen and oxygen atoms in total. The predicted octanol–water partition coefficient (Wildman–Crippen LogP) is 17.4. The van der Waals surface area contributed by atoms with E-state index in [-0.39, 0.29) is 0 Å². The molecule has 0 amide bonds. The molecule has 2 aliphatic rings. The number of rotatable bonds is 7. The summed E-state index contributed by atoms with van der Waals surface area (Å²) in [6.07, 6.45) is 0. The summed E-state index contributed by atoms with van der Waals surface area (Å²) >= 11 is 1.87. The number of hydrogen-bond acceptors (Lipinski definition) is 4. The van der Waals surface area contributed by atoms with Gasteiger partial charge in [0.05, 0.1) is 16.8 Å². The highest BCUT2D eigenvalue weighted by Crippen LogP contribution is 2.64. The number of fused-ring (bicyclic) bond motifs is 12. The van der Waals surface area contributed by atoms with Crippen LogP contribution in [-0.4, -0.2) is 0 Å². The van der Waals surface area contributed by atoms with Gasteiger partial charge in [0.2, 0.25) is 0 Å². The molecule has 312 valence electrons. The zero-order valence-corrected chi connectivity index (χ0v) is 37.2. The van der Waals surface area contributed by atoms with Crippen molar-refractivity contribution in [3.05, 3.63) is 270 Å². The lowest BCUT2D eigenvalue weighted by atomic mass is 9.64. The predicted molar refractivity (Wildman–Crippen MR) is 279 cm³/mol. The second-order valence-electron chi connectivity index (χ2n) is 17.3. The Labute approximate surface area is 389 Å². The molecule has 13 rings (SSSR count). The molecule has 1 spiro atoms. The molecule has 0 N–H and O–H groups in total. The Morgan fingerprint density at radius 1 is 0.364 bits per heavy atom. The van der Waals surface area contributed by atoms with E-state index in [4.69, 9.17) is 0 Å². The van der Waals surface area contributed by atoms with Gasteiger partial charge in [0.1, 0.15) is 0 Å². The minimum atomic E-state index is -0.512. The van der Waals surface area contributed by atoms with Crippen LogP contribution < -0.4 is 14.7 Å². The van der Waals surface area contributed by atoms with Crippen molar-refractivity contribution < 1.29 is 0 Å². The number of aryl methyl sites for hydroxylation is 1. The van der Waals surface area contributed by atoms with Crippen molar-refractivity contribution >= 4 is 82.7 Å². The van der Waals surface area contributed by atoms with Crippen molar-refractivity contribution in [1.29, 1.82) is 0 Å². The second-order valence-corrected chi connectivity index (χ2v) is 18.4. The van der Waals surface area contributed by atoms with Gasteiger partial charge in [0.15, 0.2) is 0 Å². The zero-order valence-electron chi connectivity index (χ0n) is 36.3. The van der Waals surface area contributed by atoms with Crippen molar-refractivity contribution in [1.82, 2.24) is 0 Å². The molecule has 0 radical (unpaired) electrons. The van der Waals surface area contributed by atoms with Crippen molar-refractivity contribution in [2.75, 3.05) is 14.7 Å².